The quantitative estimate of drug-likeness (QED) is 0.817. The van der Waals surface area contributed by atoms with Crippen LogP contribution in [0.15, 0.2) is 45.4 Å². The van der Waals surface area contributed by atoms with Gasteiger partial charge in [-0.1, -0.05) is 0 Å². The van der Waals surface area contributed by atoms with Gasteiger partial charge in [0.15, 0.2) is 0 Å². The maximum absolute atomic E-state index is 12.4. The predicted octanol–water partition coefficient (Wildman–Crippen LogP) is 1.57. The molecule has 1 N–H and O–H groups in total. The molecule has 0 amide bonds. The van der Waals surface area contributed by atoms with Crippen LogP contribution in [0.4, 0.5) is 0 Å². The molecule has 0 unspecified atom stereocenters. The standard InChI is InChI=1S/C17H21NO6/c1-10-13(16(20)22-3)15(12-6-5-9-24-12)14(17(21)23-4)11(2)18(10)7-8-19/h5-6,9,15,19H,7-8H2,1-4H3. The number of carbonyl (C=O) groups excluding carboxylic acids is 2. The zero-order valence-corrected chi connectivity index (χ0v) is 14.2. The normalized spacial score (nSPS) is 15.8. The molecule has 0 saturated heterocycles. The molecule has 0 spiro atoms. The maximum Gasteiger partial charge on any atom is 0.336 e. The third kappa shape index (κ3) is 2.94. The summed E-state index contributed by atoms with van der Waals surface area (Å²) in [5, 5.41) is 9.33. The van der Waals surface area contributed by atoms with E-state index in [0.717, 1.165) is 0 Å². The van der Waals surface area contributed by atoms with Crippen molar-refractivity contribution < 1.29 is 28.6 Å². The Balaban J connectivity index is 2.72. The zero-order chi connectivity index (χ0) is 17.9. The summed E-state index contributed by atoms with van der Waals surface area (Å²) in [5.41, 5.74) is 1.77. The van der Waals surface area contributed by atoms with Crippen molar-refractivity contribution in [2.24, 2.45) is 0 Å². The second-order valence-corrected chi connectivity index (χ2v) is 5.31. The van der Waals surface area contributed by atoms with E-state index in [-0.39, 0.29) is 24.3 Å². The van der Waals surface area contributed by atoms with E-state index in [1.807, 2.05) is 0 Å². The Morgan fingerprint density at radius 3 is 2.08 bits per heavy atom. The Bertz CT molecular complexity index is 646. The highest BCUT2D eigenvalue weighted by molar-refractivity contribution is 5.99. The molecule has 0 radical (unpaired) electrons. The molecule has 0 saturated carbocycles. The molecule has 0 bridgehead atoms. The molecular formula is C17H21NO6. The van der Waals surface area contributed by atoms with Gasteiger partial charge in [-0.15, -0.1) is 0 Å². The van der Waals surface area contributed by atoms with Gasteiger partial charge in [0.2, 0.25) is 0 Å². The van der Waals surface area contributed by atoms with Crippen LogP contribution in [-0.2, 0) is 19.1 Å². The highest BCUT2D eigenvalue weighted by atomic mass is 16.5. The Kier molecular flexibility index (Phi) is 5.46. The summed E-state index contributed by atoms with van der Waals surface area (Å²) in [4.78, 5) is 26.5. The lowest BCUT2D eigenvalue weighted by Crippen LogP contribution is -2.36. The van der Waals surface area contributed by atoms with Crippen molar-refractivity contribution in [3.8, 4) is 0 Å². The van der Waals surface area contributed by atoms with Crippen LogP contribution in [0, 0.1) is 0 Å². The summed E-state index contributed by atoms with van der Waals surface area (Å²) in [6.45, 7) is 3.59. The van der Waals surface area contributed by atoms with Gasteiger partial charge in [0.1, 0.15) is 5.76 Å². The van der Waals surface area contributed by atoms with Gasteiger partial charge < -0.3 is 23.9 Å². The number of hydrogen-bond acceptors (Lipinski definition) is 7. The number of carbonyl (C=O) groups is 2. The molecule has 0 atom stereocenters. The van der Waals surface area contributed by atoms with Gasteiger partial charge in [0.25, 0.3) is 0 Å². The van der Waals surface area contributed by atoms with Crippen LogP contribution in [0.1, 0.15) is 25.5 Å². The van der Waals surface area contributed by atoms with E-state index in [0.29, 0.717) is 17.2 Å². The number of β-amino-alcohol motifs (C(OH)–C–C–N with tert-alkyl or cyclic N) is 1. The number of aliphatic hydroxyl groups excluding tert-OH is 1. The summed E-state index contributed by atoms with van der Waals surface area (Å²) in [6, 6.07) is 3.38. The number of hydrogen-bond donors (Lipinski definition) is 1. The average Bonchev–Trinajstić information content (AvgIpc) is 3.11. The van der Waals surface area contributed by atoms with Crippen LogP contribution in [0.5, 0.6) is 0 Å². The lowest BCUT2D eigenvalue weighted by Gasteiger charge is -2.36. The maximum atomic E-state index is 12.4. The molecular weight excluding hydrogens is 314 g/mol. The fourth-order valence-corrected chi connectivity index (χ4v) is 3.03. The van der Waals surface area contributed by atoms with Gasteiger partial charge in [0, 0.05) is 17.9 Å². The molecule has 24 heavy (non-hydrogen) atoms. The van der Waals surface area contributed by atoms with E-state index in [4.69, 9.17) is 13.9 Å². The fraction of sp³-hybridized carbons (Fsp3) is 0.412. The number of furan rings is 1. The number of aliphatic hydroxyl groups is 1. The van der Waals surface area contributed by atoms with Gasteiger partial charge >= 0.3 is 11.9 Å². The van der Waals surface area contributed by atoms with E-state index in [1.165, 1.54) is 20.5 Å². The number of rotatable bonds is 5. The van der Waals surface area contributed by atoms with Crippen molar-refractivity contribution in [3.05, 3.63) is 46.7 Å². The van der Waals surface area contributed by atoms with E-state index in [1.54, 1.807) is 30.9 Å². The highest BCUT2D eigenvalue weighted by Crippen LogP contribution is 2.42. The fourth-order valence-electron chi connectivity index (χ4n) is 3.03. The summed E-state index contributed by atoms with van der Waals surface area (Å²) < 4.78 is 15.3. The first kappa shape index (κ1) is 17.8. The highest BCUT2D eigenvalue weighted by Gasteiger charge is 2.41. The van der Waals surface area contributed by atoms with Gasteiger partial charge in [-0.05, 0) is 26.0 Å². The number of esters is 2. The first-order valence-electron chi connectivity index (χ1n) is 7.47. The molecule has 0 fully saturated rings. The number of allylic oxidation sites excluding steroid dienone is 2. The van der Waals surface area contributed by atoms with Gasteiger partial charge in [-0.2, -0.15) is 0 Å². The molecule has 7 nitrogen and oxygen atoms in total. The zero-order valence-electron chi connectivity index (χ0n) is 14.2. The second kappa shape index (κ2) is 7.35. The molecule has 0 aromatic carbocycles. The molecule has 1 aliphatic rings. The second-order valence-electron chi connectivity index (χ2n) is 5.31. The van der Waals surface area contributed by atoms with E-state index in [2.05, 4.69) is 0 Å². The van der Waals surface area contributed by atoms with E-state index >= 15 is 0 Å². The molecule has 130 valence electrons. The summed E-state index contributed by atoms with van der Waals surface area (Å²) >= 11 is 0. The van der Waals surface area contributed by atoms with E-state index < -0.39 is 17.9 Å². The Hall–Kier alpha value is -2.54. The molecule has 2 heterocycles. The van der Waals surface area contributed by atoms with Crippen LogP contribution in [0.3, 0.4) is 0 Å². The lowest BCUT2D eigenvalue weighted by atomic mass is 9.82. The number of methoxy groups -OCH3 is 2. The monoisotopic (exact) mass is 335 g/mol. The third-order valence-corrected chi connectivity index (χ3v) is 4.13. The molecule has 1 aliphatic heterocycles. The first-order valence-corrected chi connectivity index (χ1v) is 7.47. The minimum Gasteiger partial charge on any atom is -0.468 e. The average molecular weight is 335 g/mol. The van der Waals surface area contributed by atoms with E-state index in [9.17, 15) is 14.7 Å². The van der Waals surface area contributed by atoms with Crippen LogP contribution in [0.25, 0.3) is 0 Å². The van der Waals surface area contributed by atoms with Crippen molar-refractivity contribution in [3.63, 3.8) is 0 Å². The molecule has 7 heteroatoms. The molecule has 1 aromatic rings. The van der Waals surface area contributed by atoms with Crippen molar-refractivity contribution in [2.45, 2.75) is 19.8 Å². The minimum absolute atomic E-state index is 0.136. The smallest absolute Gasteiger partial charge is 0.336 e. The Labute approximate surface area is 140 Å². The van der Waals surface area contributed by atoms with Crippen molar-refractivity contribution >= 4 is 11.9 Å². The van der Waals surface area contributed by atoms with Crippen molar-refractivity contribution in [1.29, 1.82) is 0 Å². The Morgan fingerprint density at radius 1 is 1.17 bits per heavy atom. The van der Waals surface area contributed by atoms with Gasteiger partial charge in [-0.25, -0.2) is 9.59 Å². The minimum atomic E-state index is -0.727. The summed E-state index contributed by atoms with van der Waals surface area (Å²) in [7, 11) is 2.56. The van der Waals surface area contributed by atoms with Crippen LogP contribution in [0.2, 0.25) is 0 Å². The van der Waals surface area contributed by atoms with Crippen LogP contribution >= 0.6 is 0 Å². The lowest BCUT2D eigenvalue weighted by molar-refractivity contribution is -0.137. The van der Waals surface area contributed by atoms with Crippen molar-refractivity contribution in [1.82, 2.24) is 4.90 Å². The molecule has 2 rings (SSSR count). The predicted molar refractivity (Wildman–Crippen MR) is 84.7 cm³/mol. The number of nitrogens with zero attached hydrogens (tertiary/aromatic N) is 1. The SMILES string of the molecule is COC(=O)C1=C(C)N(CCO)C(C)=C(C(=O)OC)C1c1ccco1. The first-order chi connectivity index (χ1) is 11.5. The molecule has 1 aromatic heterocycles. The van der Waals surface area contributed by atoms with Crippen LogP contribution < -0.4 is 0 Å². The van der Waals surface area contributed by atoms with Gasteiger partial charge in [0.05, 0.1) is 44.2 Å². The van der Waals surface area contributed by atoms with Crippen LogP contribution in [-0.4, -0.2) is 49.3 Å². The third-order valence-electron chi connectivity index (χ3n) is 4.13. The van der Waals surface area contributed by atoms with Gasteiger partial charge in [-0.3, -0.25) is 0 Å². The largest absolute Gasteiger partial charge is 0.468 e. The summed E-state index contributed by atoms with van der Waals surface area (Å²) in [6.07, 6.45) is 1.48. The molecule has 0 aliphatic carbocycles. The Morgan fingerprint density at radius 2 is 1.71 bits per heavy atom. The topological polar surface area (TPSA) is 89.2 Å². The summed E-state index contributed by atoms with van der Waals surface area (Å²) in [5.74, 6) is -1.41. The number of ether oxygens (including phenoxy) is 2. The van der Waals surface area contributed by atoms with Crippen molar-refractivity contribution in [2.75, 3.05) is 27.4 Å².